The SMILES string of the molecule is CCCCCCCCCC[N+](CC)(CC)CC(=O)NCCNC(=O)C[N+](CC)(CC)CCCCCCCCCC. The van der Waals surface area contributed by atoms with Gasteiger partial charge in [0.05, 0.1) is 39.3 Å². The fourth-order valence-corrected chi connectivity index (χ4v) is 5.97. The first-order valence-corrected chi connectivity index (χ1v) is 17.6. The Morgan fingerprint density at radius 2 is 0.700 bits per heavy atom. The topological polar surface area (TPSA) is 58.2 Å². The van der Waals surface area contributed by atoms with Crippen molar-refractivity contribution in [3.63, 3.8) is 0 Å². The normalized spacial score (nSPS) is 12.1. The third-order valence-corrected chi connectivity index (χ3v) is 9.38. The summed E-state index contributed by atoms with van der Waals surface area (Å²) >= 11 is 0. The van der Waals surface area contributed by atoms with Crippen LogP contribution in [-0.2, 0) is 9.59 Å². The molecule has 0 spiro atoms. The lowest BCUT2D eigenvalue weighted by atomic mass is 10.1. The number of amides is 2. The molecular formula is C34H72N4O2+2. The Bertz CT molecular complexity index is 551. The maximum Gasteiger partial charge on any atom is 0.275 e. The van der Waals surface area contributed by atoms with Crippen molar-refractivity contribution >= 4 is 11.8 Å². The van der Waals surface area contributed by atoms with Crippen LogP contribution in [0.4, 0.5) is 0 Å². The highest BCUT2D eigenvalue weighted by Gasteiger charge is 2.27. The van der Waals surface area contributed by atoms with Crippen LogP contribution >= 0.6 is 0 Å². The first kappa shape index (κ1) is 38.9. The third-order valence-electron chi connectivity index (χ3n) is 9.38. The highest BCUT2D eigenvalue weighted by atomic mass is 16.2. The van der Waals surface area contributed by atoms with Crippen LogP contribution in [0.15, 0.2) is 0 Å². The number of carbonyl (C=O) groups excluding carboxylic acids is 2. The minimum Gasteiger partial charge on any atom is -0.349 e. The zero-order valence-corrected chi connectivity index (χ0v) is 28.1. The van der Waals surface area contributed by atoms with Crippen molar-refractivity contribution in [1.82, 2.24) is 10.6 Å². The standard InChI is InChI=1S/C34H70N4O2/c1-7-13-15-17-19-21-23-25-29-37(9-3,10-4)31-33(39)35-27-28-36-34(40)32-38(11-5,12-6)30-26-24-22-20-18-16-14-8-2/h7-32H2,1-6H3/p+2. The number of rotatable bonds is 29. The Balaban J connectivity index is 4.29. The number of hydrogen-bond acceptors (Lipinski definition) is 2. The van der Waals surface area contributed by atoms with Gasteiger partial charge in [0.25, 0.3) is 11.8 Å². The van der Waals surface area contributed by atoms with Crippen molar-refractivity contribution in [2.75, 3.05) is 65.4 Å². The van der Waals surface area contributed by atoms with E-state index in [0.29, 0.717) is 26.2 Å². The molecule has 0 saturated heterocycles. The lowest BCUT2D eigenvalue weighted by Crippen LogP contribution is -2.55. The predicted molar refractivity (Wildman–Crippen MR) is 173 cm³/mol. The minimum atomic E-state index is 0.111. The second-order valence-electron chi connectivity index (χ2n) is 12.4. The Hall–Kier alpha value is -1.14. The van der Waals surface area contributed by atoms with Gasteiger partial charge in [-0.15, -0.1) is 0 Å². The van der Waals surface area contributed by atoms with E-state index in [0.717, 1.165) is 48.2 Å². The van der Waals surface area contributed by atoms with Gasteiger partial charge < -0.3 is 19.6 Å². The Labute approximate surface area is 250 Å². The van der Waals surface area contributed by atoms with E-state index in [9.17, 15) is 9.59 Å². The fourth-order valence-electron chi connectivity index (χ4n) is 5.97. The molecule has 40 heavy (non-hydrogen) atoms. The number of hydrogen-bond donors (Lipinski definition) is 2. The summed E-state index contributed by atoms with van der Waals surface area (Å²) in [6, 6.07) is 0. The van der Waals surface area contributed by atoms with Crippen LogP contribution in [0.5, 0.6) is 0 Å². The van der Waals surface area contributed by atoms with Gasteiger partial charge in [-0.1, -0.05) is 90.9 Å². The van der Waals surface area contributed by atoms with Crippen molar-refractivity contribution in [2.24, 2.45) is 0 Å². The van der Waals surface area contributed by atoms with Crippen molar-refractivity contribution in [2.45, 2.75) is 144 Å². The molecule has 2 amide bonds. The summed E-state index contributed by atoms with van der Waals surface area (Å²) in [4.78, 5) is 25.6. The lowest BCUT2D eigenvalue weighted by Gasteiger charge is -2.36. The molecule has 0 saturated carbocycles. The fraction of sp³-hybridized carbons (Fsp3) is 0.941. The minimum absolute atomic E-state index is 0.111. The van der Waals surface area contributed by atoms with E-state index in [1.165, 1.54) is 103 Å². The molecule has 0 aromatic heterocycles. The van der Waals surface area contributed by atoms with Crippen molar-refractivity contribution in [3.05, 3.63) is 0 Å². The molecule has 0 aliphatic rings. The monoisotopic (exact) mass is 569 g/mol. The molecule has 0 radical (unpaired) electrons. The van der Waals surface area contributed by atoms with E-state index in [-0.39, 0.29) is 11.8 Å². The summed E-state index contributed by atoms with van der Waals surface area (Å²) in [7, 11) is 0. The first-order chi connectivity index (χ1) is 19.4. The van der Waals surface area contributed by atoms with Gasteiger partial charge in [-0.25, -0.2) is 0 Å². The lowest BCUT2D eigenvalue weighted by molar-refractivity contribution is -0.917. The zero-order chi connectivity index (χ0) is 30.0. The predicted octanol–water partition coefficient (Wildman–Crippen LogP) is 7.21. The van der Waals surface area contributed by atoms with Crippen LogP contribution in [0, 0.1) is 0 Å². The van der Waals surface area contributed by atoms with Crippen LogP contribution < -0.4 is 10.6 Å². The zero-order valence-electron chi connectivity index (χ0n) is 28.1. The van der Waals surface area contributed by atoms with Gasteiger partial charge >= 0.3 is 0 Å². The molecule has 6 nitrogen and oxygen atoms in total. The van der Waals surface area contributed by atoms with Crippen LogP contribution in [0.2, 0.25) is 0 Å². The molecule has 0 fully saturated rings. The molecule has 0 heterocycles. The van der Waals surface area contributed by atoms with E-state index >= 15 is 0 Å². The van der Waals surface area contributed by atoms with Gasteiger partial charge in [-0.2, -0.15) is 0 Å². The van der Waals surface area contributed by atoms with E-state index in [2.05, 4.69) is 52.2 Å². The maximum atomic E-state index is 12.8. The van der Waals surface area contributed by atoms with Crippen molar-refractivity contribution in [1.29, 1.82) is 0 Å². The van der Waals surface area contributed by atoms with E-state index in [1.54, 1.807) is 0 Å². The number of likely N-dealkylation sites (N-methyl/N-ethyl adjacent to an activating group) is 2. The highest BCUT2D eigenvalue weighted by Crippen LogP contribution is 2.14. The second kappa shape index (κ2) is 25.6. The van der Waals surface area contributed by atoms with Crippen LogP contribution in [0.25, 0.3) is 0 Å². The molecule has 2 N–H and O–H groups in total. The molecule has 0 rings (SSSR count). The van der Waals surface area contributed by atoms with E-state index in [1.807, 2.05) is 0 Å². The molecule has 0 aromatic rings. The quantitative estimate of drug-likeness (QED) is 0.0740. The number of carbonyl (C=O) groups is 2. The summed E-state index contributed by atoms with van der Waals surface area (Å²) < 4.78 is 1.72. The largest absolute Gasteiger partial charge is 0.349 e. The Kier molecular flexibility index (Phi) is 24.8. The van der Waals surface area contributed by atoms with E-state index < -0.39 is 0 Å². The molecule has 0 aromatic carbocycles. The molecule has 0 unspecified atom stereocenters. The summed E-state index contributed by atoms with van der Waals surface area (Å²) in [6.07, 6.45) is 21.1. The van der Waals surface area contributed by atoms with Gasteiger partial charge in [-0.05, 0) is 53.4 Å². The third kappa shape index (κ3) is 19.1. The summed E-state index contributed by atoms with van der Waals surface area (Å²) in [5.74, 6) is 0.221. The molecule has 0 atom stereocenters. The van der Waals surface area contributed by atoms with Gasteiger partial charge in [0.1, 0.15) is 0 Å². The van der Waals surface area contributed by atoms with Crippen molar-refractivity contribution < 1.29 is 18.6 Å². The van der Waals surface area contributed by atoms with Crippen molar-refractivity contribution in [3.8, 4) is 0 Å². The van der Waals surface area contributed by atoms with Gasteiger partial charge in [0, 0.05) is 13.1 Å². The number of quaternary nitrogens is 2. The van der Waals surface area contributed by atoms with Gasteiger partial charge in [0.15, 0.2) is 13.1 Å². The van der Waals surface area contributed by atoms with Crippen LogP contribution in [-0.4, -0.2) is 86.2 Å². The molecule has 0 bridgehead atoms. The van der Waals surface area contributed by atoms with E-state index in [4.69, 9.17) is 0 Å². The molecule has 0 aliphatic heterocycles. The van der Waals surface area contributed by atoms with Gasteiger partial charge in [-0.3, -0.25) is 9.59 Å². The van der Waals surface area contributed by atoms with Crippen LogP contribution in [0.3, 0.4) is 0 Å². The summed E-state index contributed by atoms with van der Waals surface area (Å²) in [6.45, 7) is 21.6. The average molecular weight is 569 g/mol. The summed E-state index contributed by atoms with van der Waals surface area (Å²) in [5.41, 5.74) is 0. The highest BCUT2D eigenvalue weighted by molar-refractivity contribution is 5.78. The Morgan fingerprint density at radius 3 is 0.975 bits per heavy atom. The molecule has 0 aliphatic carbocycles. The molecule has 238 valence electrons. The first-order valence-electron chi connectivity index (χ1n) is 17.6. The number of unbranched alkanes of at least 4 members (excludes halogenated alkanes) is 14. The van der Waals surface area contributed by atoms with Crippen LogP contribution in [0.1, 0.15) is 144 Å². The number of nitrogens with zero attached hydrogens (tertiary/aromatic N) is 2. The molecular weight excluding hydrogens is 496 g/mol. The average Bonchev–Trinajstić information content (AvgIpc) is 2.96. The maximum absolute atomic E-state index is 12.8. The smallest absolute Gasteiger partial charge is 0.275 e. The number of nitrogens with one attached hydrogen (secondary N) is 2. The Morgan fingerprint density at radius 1 is 0.425 bits per heavy atom. The molecule has 6 heteroatoms. The van der Waals surface area contributed by atoms with Gasteiger partial charge in [0.2, 0.25) is 0 Å². The second-order valence-corrected chi connectivity index (χ2v) is 12.4. The summed E-state index contributed by atoms with van der Waals surface area (Å²) in [5, 5.41) is 6.15.